The molecule has 4 rings (SSSR count). The van der Waals surface area contributed by atoms with Crippen LogP contribution in [0.2, 0.25) is 0 Å². The van der Waals surface area contributed by atoms with Crippen LogP contribution >= 0.6 is 0 Å². The van der Waals surface area contributed by atoms with Crippen LogP contribution in [0.25, 0.3) is 10.9 Å². The number of aliphatic carboxylic acids is 1. The summed E-state index contributed by atoms with van der Waals surface area (Å²) < 4.78 is 5.99. The first-order chi connectivity index (χ1) is 16.8. The molecule has 1 amide bonds. The molecule has 7 nitrogen and oxygen atoms in total. The van der Waals surface area contributed by atoms with Crippen LogP contribution in [0.15, 0.2) is 60.7 Å². The molecular formula is C28H25N3O4. The van der Waals surface area contributed by atoms with Gasteiger partial charge < -0.3 is 20.1 Å². The van der Waals surface area contributed by atoms with Crippen LogP contribution < -0.4 is 10.1 Å². The molecule has 0 aliphatic carbocycles. The van der Waals surface area contributed by atoms with Crippen molar-refractivity contribution in [3.8, 4) is 17.6 Å². The lowest BCUT2D eigenvalue weighted by molar-refractivity contribution is -0.136. The summed E-state index contributed by atoms with van der Waals surface area (Å²) >= 11 is 0. The fourth-order valence-corrected chi connectivity index (χ4v) is 4.00. The molecule has 3 N–H and O–H groups in total. The number of H-pyrrole nitrogens is 1. The third-order valence-corrected chi connectivity index (χ3v) is 5.92. The fraction of sp³-hybridized carbons (Fsp3) is 0.179. The van der Waals surface area contributed by atoms with Gasteiger partial charge in [0, 0.05) is 23.9 Å². The quantitative estimate of drug-likeness (QED) is 0.321. The normalized spacial score (nSPS) is 10.7. The molecule has 0 aliphatic rings. The van der Waals surface area contributed by atoms with Crippen molar-refractivity contribution in [1.29, 1.82) is 5.26 Å². The SMILES string of the molecule is Cc1cc(Oc2cccc(CNC(=O)c3[nH]c4ccc(C#N)cc4c3C)c2)ccc1CCC(=O)O. The Morgan fingerprint density at radius 3 is 2.60 bits per heavy atom. The highest BCUT2D eigenvalue weighted by Crippen LogP contribution is 2.26. The van der Waals surface area contributed by atoms with E-state index >= 15 is 0 Å². The molecular weight excluding hydrogens is 442 g/mol. The number of nitriles is 1. The summed E-state index contributed by atoms with van der Waals surface area (Å²) in [7, 11) is 0. The predicted octanol–water partition coefficient (Wildman–Crippen LogP) is 5.40. The molecule has 4 aromatic rings. The Morgan fingerprint density at radius 1 is 1.06 bits per heavy atom. The summed E-state index contributed by atoms with van der Waals surface area (Å²) in [4.78, 5) is 26.8. The molecule has 0 aliphatic heterocycles. The molecule has 0 bridgehead atoms. The number of aryl methyl sites for hydroxylation is 3. The summed E-state index contributed by atoms with van der Waals surface area (Å²) in [5.41, 5.74) is 5.47. The van der Waals surface area contributed by atoms with E-state index in [1.807, 2.05) is 56.3 Å². The average Bonchev–Trinajstić information content (AvgIpc) is 3.18. The maximum atomic E-state index is 12.8. The average molecular weight is 468 g/mol. The Balaban J connectivity index is 1.42. The first kappa shape index (κ1) is 23.6. The van der Waals surface area contributed by atoms with Gasteiger partial charge in [-0.1, -0.05) is 18.2 Å². The third kappa shape index (κ3) is 5.50. The highest BCUT2D eigenvalue weighted by Gasteiger charge is 2.15. The number of ether oxygens (including phenoxy) is 1. The second-order valence-electron chi connectivity index (χ2n) is 8.41. The van der Waals surface area contributed by atoms with Crippen LogP contribution in [0.3, 0.4) is 0 Å². The lowest BCUT2D eigenvalue weighted by Crippen LogP contribution is -2.23. The van der Waals surface area contributed by atoms with Gasteiger partial charge in [0.05, 0.1) is 11.6 Å². The third-order valence-electron chi connectivity index (χ3n) is 5.92. The minimum atomic E-state index is -0.818. The van der Waals surface area contributed by atoms with Gasteiger partial charge in [0.1, 0.15) is 17.2 Å². The summed E-state index contributed by atoms with van der Waals surface area (Å²) in [6.07, 6.45) is 0.569. The Bertz CT molecular complexity index is 1460. The van der Waals surface area contributed by atoms with Gasteiger partial charge in [-0.15, -0.1) is 0 Å². The van der Waals surface area contributed by atoms with Gasteiger partial charge in [0.15, 0.2) is 0 Å². The van der Waals surface area contributed by atoms with E-state index < -0.39 is 5.97 Å². The molecule has 0 spiro atoms. The first-order valence-electron chi connectivity index (χ1n) is 11.2. The number of carboxylic acids is 1. The number of aromatic amines is 1. The van der Waals surface area contributed by atoms with Crippen molar-refractivity contribution in [2.24, 2.45) is 0 Å². The number of hydrogen-bond acceptors (Lipinski definition) is 4. The number of rotatable bonds is 8. The van der Waals surface area contributed by atoms with Gasteiger partial charge in [-0.2, -0.15) is 5.26 Å². The Labute approximate surface area is 203 Å². The van der Waals surface area contributed by atoms with Gasteiger partial charge in [-0.3, -0.25) is 9.59 Å². The molecule has 3 aromatic carbocycles. The molecule has 0 fully saturated rings. The van der Waals surface area contributed by atoms with Gasteiger partial charge in [0.2, 0.25) is 0 Å². The molecule has 0 saturated carbocycles. The molecule has 0 unspecified atom stereocenters. The van der Waals surface area contributed by atoms with E-state index in [1.54, 1.807) is 18.2 Å². The van der Waals surface area contributed by atoms with Crippen molar-refractivity contribution in [2.75, 3.05) is 0 Å². The van der Waals surface area contributed by atoms with Crippen LogP contribution in [-0.4, -0.2) is 22.0 Å². The van der Waals surface area contributed by atoms with Gasteiger partial charge in [0.25, 0.3) is 5.91 Å². The van der Waals surface area contributed by atoms with Crippen molar-refractivity contribution < 1.29 is 19.4 Å². The molecule has 176 valence electrons. The van der Waals surface area contributed by atoms with E-state index in [-0.39, 0.29) is 12.3 Å². The number of hydrogen-bond donors (Lipinski definition) is 3. The molecule has 0 saturated heterocycles. The molecule has 1 heterocycles. The van der Waals surface area contributed by atoms with Crippen molar-refractivity contribution in [2.45, 2.75) is 33.2 Å². The van der Waals surface area contributed by atoms with Crippen molar-refractivity contribution in [3.05, 3.63) is 94.2 Å². The van der Waals surface area contributed by atoms with Gasteiger partial charge in [-0.05, 0) is 85.0 Å². The zero-order valence-electron chi connectivity index (χ0n) is 19.5. The number of benzene rings is 3. The monoisotopic (exact) mass is 467 g/mol. The summed E-state index contributed by atoms with van der Waals surface area (Å²) in [6.45, 7) is 4.11. The van der Waals surface area contributed by atoms with Crippen molar-refractivity contribution in [1.82, 2.24) is 10.3 Å². The fourth-order valence-electron chi connectivity index (χ4n) is 4.00. The summed E-state index contributed by atoms with van der Waals surface area (Å²) in [5.74, 6) is 0.256. The van der Waals surface area contributed by atoms with E-state index in [9.17, 15) is 9.59 Å². The molecule has 0 radical (unpaired) electrons. The van der Waals surface area contributed by atoms with Gasteiger partial charge >= 0.3 is 5.97 Å². The molecule has 1 aromatic heterocycles. The van der Waals surface area contributed by atoms with E-state index in [1.165, 1.54) is 0 Å². The molecule has 0 atom stereocenters. The number of nitrogens with zero attached hydrogens (tertiary/aromatic N) is 1. The zero-order chi connectivity index (χ0) is 24.9. The smallest absolute Gasteiger partial charge is 0.303 e. The number of aromatic nitrogens is 1. The van der Waals surface area contributed by atoms with Gasteiger partial charge in [-0.25, -0.2) is 0 Å². The number of nitrogens with one attached hydrogen (secondary N) is 2. The molecule has 7 heteroatoms. The highest BCUT2D eigenvalue weighted by atomic mass is 16.5. The standard InChI is InChI=1S/C28H25N3O4/c1-17-12-23(9-7-21(17)8-11-26(32)33)35-22-5-3-4-20(13-22)16-30-28(34)27-18(2)24-14-19(15-29)6-10-25(24)31-27/h3-7,9-10,12-14,31H,8,11,16H2,1-2H3,(H,30,34)(H,32,33). The number of amides is 1. The summed E-state index contributed by atoms with van der Waals surface area (Å²) in [6, 6.07) is 20.5. The number of carbonyl (C=O) groups excluding carboxylic acids is 1. The maximum Gasteiger partial charge on any atom is 0.303 e. The Morgan fingerprint density at radius 2 is 1.86 bits per heavy atom. The predicted molar refractivity (Wildman–Crippen MR) is 133 cm³/mol. The second kappa shape index (κ2) is 10.1. The van der Waals surface area contributed by atoms with Crippen molar-refractivity contribution >= 4 is 22.8 Å². The summed E-state index contributed by atoms with van der Waals surface area (Å²) in [5, 5.41) is 21.8. The maximum absolute atomic E-state index is 12.8. The van der Waals surface area contributed by atoms with Crippen LogP contribution in [0.5, 0.6) is 11.5 Å². The minimum Gasteiger partial charge on any atom is -0.481 e. The highest BCUT2D eigenvalue weighted by molar-refractivity contribution is 6.01. The first-order valence-corrected chi connectivity index (χ1v) is 11.2. The number of fused-ring (bicyclic) bond motifs is 1. The topological polar surface area (TPSA) is 115 Å². The zero-order valence-corrected chi connectivity index (χ0v) is 19.5. The number of carbonyl (C=O) groups is 2. The van der Waals surface area contributed by atoms with Crippen molar-refractivity contribution in [3.63, 3.8) is 0 Å². The minimum absolute atomic E-state index is 0.0910. The number of carboxylic acid groups (broad SMARTS) is 1. The Kier molecular flexibility index (Phi) is 6.83. The Hall–Kier alpha value is -4.57. The lowest BCUT2D eigenvalue weighted by atomic mass is 10.0. The van der Waals surface area contributed by atoms with Crippen LogP contribution in [0, 0.1) is 25.2 Å². The van der Waals surface area contributed by atoms with E-state index in [0.29, 0.717) is 35.7 Å². The lowest BCUT2D eigenvalue weighted by Gasteiger charge is -2.11. The largest absolute Gasteiger partial charge is 0.481 e. The van der Waals surface area contributed by atoms with E-state index in [2.05, 4.69) is 16.4 Å². The van der Waals surface area contributed by atoms with E-state index in [0.717, 1.165) is 33.2 Å². The second-order valence-corrected chi connectivity index (χ2v) is 8.41. The van der Waals surface area contributed by atoms with Crippen LogP contribution in [-0.2, 0) is 17.8 Å². The van der Waals surface area contributed by atoms with E-state index in [4.69, 9.17) is 15.1 Å². The van der Waals surface area contributed by atoms with Crippen LogP contribution in [0.1, 0.15) is 44.7 Å². The molecule has 35 heavy (non-hydrogen) atoms. The van der Waals surface area contributed by atoms with Crippen LogP contribution in [0.4, 0.5) is 0 Å².